The predicted molar refractivity (Wildman–Crippen MR) is 163 cm³/mol. The van der Waals surface area contributed by atoms with Crippen molar-refractivity contribution in [1.82, 2.24) is 4.40 Å². The zero-order valence-corrected chi connectivity index (χ0v) is 22.3. The number of benzene rings is 5. The summed E-state index contributed by atoms with van der Waals surface area (Å²) in [6, 6.07) is 29.3. The Kier molecular flexibility index (Phi) is 4.52. The van der Waals surface area contributed by atoms with Crippen molar-refractivity contribution in [2.24, 2.45) is 0 Å². The van der Waals surface area contributed by atoms with Crippen molar-refractivity contribution in [3.8, 4) is 11.5 Å². The normalized spacial score (nSPS) is 12.7. The highest BCUT2D eigenvalue weighted by Crippen LogP contribution is 2.52. The summed E-state index contributed by atoms with van der Waals surface area (Å²) in [5.74, 6) is 1.40. The standard InChI is InChI=1S/C35H24N2O3/c1-19-15-20(2)32(21(3)16-19)37-27-13-6-7-14-30(27)40-31-18-28-25(17-29(31)37)35(39)24-11-8-10-23-33(24)36(28)26-12-5-4-9-22(26)34(23)38/h4-18H,1-3H3. The summed E-state index contributed by atoms with van der Waals surface area (Å²) in [4.78, 5) is 29.8. The average Bonchev–Trinajstić information content (AvgIpc) is 2.95. The summed E-state index contributed by atoms with van der Waals surface area (Å²) in [5, 5.41) is 2.25. The fourth-order valence-corrected chi connectivity index (χ4v) is 6.60. The number of nitrogens with zero attached hydrogens (tertiary/aromatic N) is 2. The lowest BCUT2D eigenvalue weighted by Crippen LogP contribution is -2.19. The van der Waals surface area contributed by atoms with Crippen molar-refractivity contribution in [2.75, 3.05) is 4.90 Å². The molecular formula is C35H24N2O3. The van der Waals surface area contributed by atoms with E-state index < -0.39 is 0 Å². The number of pyridine rings is 2. The highest BCUT2D eigenvalue weighted by Gasteiger charge is 2.29. The second-order valence-electron chi connectivity index (χ2n) is 10.7. The fourth-order valence-electron chi connectivity index (χ4n) is 6.60. The van der Waals surface area contributed by atoms with Crippen molar-refractivity contribution in [3.05, 3.63) is 128 Å². The second-order valence-corrected chi connectivity index (χ2v) is 10.7. The number of aromatic nitrogens is 1. The topological polar surface area (TPSA) is 51.0 Å². The first-order valence-corrected chi connectivity index (χ1v) is 13.4. The summed E-state index contributed by atoms with van der Waals surface area (Å²) in [6.45, 7) is 6.35. The largest absolute Gasteiger partial charge is 0.453 e. The van der Waals surface area contributed by atoms with Crippen LogP contribution in [0.5, 0.6) is 11.5 Å². The van der Waals surface area contributed by atoms with Gasteiger partial charge in [0.15, 0.2) is 22.4 Å². The molecule has 192 valence electrons. The maximum Gasteiger partial charge on any atom is 0.197 e. The zero-order chi connectivity index (χ0) is 27.3. The molecule has 0 fully saturated rings. The quantitative estimate of drug-likeness (QED) is 0.162. The molecule has 5 nitrogen and oxygen atoms in total. The molecule has 0 atom stereocenters. The molecule has 0 N–H and O–H groups in total. The Morgan fingerprint density at radius 1 is 0.575 bits per heavy atom. The van der Waals surface area contributed by atoms with E-state index in [4.69, 9.17) is 4.74 Å². The first-order valence-electron chi connectivity index (χ1n) is 13.4. The third kappa shape index (κ3) is 2.92. The molecule has 0 spiro atoms. The highest BCUT2D eigenvalue weighted by atomic mass is 16.5. The van der Waals surface area contributed by atoms with Gasteiger partial charge in [0.25, 0.3) is 0 Å². The maximum absolute atomic E-state index is 14.1. The molecule has 5 heteroatoms. The Morgan fingerprint density at radius 3 is 2.00 bits per heavy atom. The van der Waals surface area contributed by atoms with Gasteiger partial charge in [-0.3, -0.25) is 9.59 Å². The number of aryl methyl sites for hydroxylation is 3. The lowest BCUT2D eigenvalue weighted by molar-refractivity contribution is 0.477. The Balaban J connectivity index is 1.57. The number of fused-ring (bicyclic) bond motifs is 6. The van der Waals surface area contributed by atoms with Crippen LogP contribution in [-0.2, 0) is 0 Å². The van der Waals surface area contributed by atoms with Crippen LogP contribution in [0.25, 0.3) is 38.1 Å². The van der Waals surface area contributed by atoms with Gasteiger partial charge in [-0.05, 0) is 74.4 Å². The van der Waals surface area contributed by atoms with Gasteiger partial charge >= 0.3 is 0 Å². The van der Waals surface area contributed by atoms with E-state index in [1.807, 2.05) is 66.7 Å². The SMILES string of the molecule is Cc1cc(C)c(N2c3ccccc3Oc3cc4c(cc32)c(=O)c2cccc3c(=O)c5ccccc5n4c32)c(C)c1. The van der Waals surface area contributed by atoms with Crippen molar-refractivity contribution in [3.63, 3.8) is 0 Å². The van der Waals surface area contributed by atoms with E-state index >= 15 is 0 Å². The molecule has 2 aromatic heterocycles. The molecule has 0 saturated heterocycles. The lowest BCUT2D eigenvalue weighted by Gasteiger charge is -2.35. The van der Waals surface area contributed by atoms with Crippen molar-refractivity contribution >= 4 is 55.2 Å². The van der Waals surface area contributed by atoms with Gasteiger partial charge in [0.05, 0.1) is 33.6 Å². The zero-order valence-electron chi connectivity index (χ0n) is 22.3. The Morgan fingerprint density at radius 2 is 1.23 bits per heavy atom. The van der Waals surface area contributed by atoms with Crippen LogP contribution in [0.2, 0.25) is 0 Å². The second kappa shape index (κ2) is 7.93. The minimum absolute atomic E-state index is 0.0698. The molecular weight excluding hydrogens is 496 g/mol. The van der Waals surface area contributed by atoms with Gasteiger partial charge in [0.2, 0.25) is 0 Å². The van der Waals surface area contributed by atoms with E-state index in [-0.39, 0.29) is 10.9 Å². The van der Waals surface area contributed by atoms with Gasteiger partial charge in [-0.1, -0.05) is 48.0 Å². The number of hydrogen-bond donors (Lipinski definition) is 0. The van der Waals surface area contributed by atoms with Crippen LogP contribution < -0.4 is 20.5 Å². The molecule has 0 unspecified atom stereocenters. The molecule has 0 amide bonds. The molecule has 0 radical (unpaired) electrons. The maximum atomic E-state index is 14.1. The number of rotatable bonds is 1. The summed E-state index contributed by atoms with van der Waals surface area (Å²) in [5.41, 5.74) is 8.22. The summed E-state index contributed by atoms with van der Waals surface area (Å²) in [7, 11) is 0. The van der Waals surface area contributed by atoms with Crippen LogP contribution in [0, 0.1) is 20.8 Å². The Labute approximate surface area is 229 Å². The monoisotopic (exact) mass is 520 g/mol. The first-order chi connectivity index (χ1) is 19.4. The van der Waals surface area contributed by atoms with Crippen molar-refractivity contribution < 1.29 is 4.74 Å². The summed E-state index contributed by atoms with van der Waals surface area (Å²) < 4.78 is 8.58. The van der Waals surface area contributed by atoms with Crippen LogP contribution >= 0.6 is 0 Å². The molecule has 8 rings (SSSR count). The van der Waals surface area contributed by atoms with E-state index in [1.54, 1.807) is 12.1 Å². The van der Waals surface area contributed by atoms with Crippen LogP contribution in [0.1, 0.15) is 16.7 Å². The van der Waals surface area contributed by atoms with Crippen LogP contribution in [0.15, 0.2) is 101 Å². The van der Waals surface area contributed by atoms with E-state index in [2.05, 4.69) is 42.2 Å². The number of ether oxygens (including phenoxy) is 1. The molecule has 1 aliphatic heterocycles. The van der Waals surface area contributed by atoms with E-state index in [1.165, 1.54) is 5.56 Å². The van der Waals surface area contributed by atoms with Crippen LogP contribution in [0.3, 0.4) is 0 Å². The predicted octanol–water partition coefficient (Wildman–Crippen LogP) is 8.06. The Hall–Kier alpha value is -5.16. The van der Waals surface area contributed by atoms with E-state index in [9.17, 15) is 9.59 Å². The van der Waals surface area contributed by atoms with Gasteiger partial charge in [-0.25, -0.2) is 0 Å². The van der Waals surface area contributed by atoms with Crippen LogP contribution in [-0.4, -0.2) is 4.40 Å². The molecule has 40 heavy (non-hydrogen) atoms. The van der Waals surface area contributed by atoms with Crippen LogP contribution in [0.4, 0.5) is 17.1 Å². The molecule has 0 bridgehead atoms. The third-order valence-electron chi connectivity index (χ3n) is 8.13. The number of para-hydroxylation sites is 4. The minimum atomic E-state index is -0.103. The van der Waals surface area contributed by atoms with E-state index in [0.29, 0.717) is 38.3 Å². The molecule has 0 aliphatic carbocycles. The Bertz CT molecular complexity index is 2310. The highest BCUT2D eigenvalue weighted by molar-refractivity contribution is 6.09. The summed E-state index contributed by atoms with van der Waals surface area (Å²) in [6.07, 6.45) is 0. The smallest absolute Gasteiger partial charge is 0.197 e. The van der Waals surface area contributed by atoms with Crippen molar-refractivity contribution in [2.45, 2.75) is 20.8 Å². The molecule has 5 aromatic carbocycles. The van der Waals surface area contributed by atoms with E-state index in [0.717, 1.165) is 39.5 Å². The van der Waals surface area contributed by atoms with Gasteiger partial charge < -0.3 is 14.0 Å². The third-order valence-corrected chi connectivity index (χ3v) is 8.13. The van der Waals surface area contributed by atoms with Gasteiger partial charge in [-0.2, -0.15) is 0 Å². The number of anilines is 3. The summed E-state index contributed by atoms with van der Waals surface area (Å²) >= 11 is 0. The lowest BCUT2D eigenvalue weighted by atomic mass is 9.99. The molecule has 7 aromatic rings. The number of hydrogen-bond acceptors (Lipinski definition) is 4. The van der Waals surface area contributed by atoms with Gasteiger partial charge in [0, 0.05) is 27.6 Å². The molecule has 1 aliphatic rings. The van der Waals surface area contributed by atoms with Crippen molar-refractivity contribution in [1.29, 1.82) is 0 Å². The molecule has 0 saturated carbocycles. The fraction of sp³-hybridized carbons (Fsp3) is 0.0857. The molecule has 3 heterocycles. The van der Waals surface area contributed by atoms with Gasteiger partial charge in [0.1, 0.15) is 0 Å². The average molecular weight is 521 g/mol. The first kappa shape index (κ1) is 22.8. The van der Waals surface area contributed by atoms with Gasteiger partial charge in [-0.15, -0.1) is 0 Å². The minimum Gasteiger partial charge on any atom is -0.453 e.